The smallest absolute Gasteiger partial charge is 0.294 e. The summed E-state index contributed by atoms with van der Waals surface area (Å²) in [6, 6.07) is 7.61. The maximum atomic E-state index is 12.1. The lowest BCUT2D eigenvalue weighted by atomic mass is 9.89. The summed E-state index contributed by atoms with van der Waals surface area (Å²) in [5, 5.41) is 27.7. The van der Waals surface area contributed by atoms with E-state index in [0.29, 0.717) is 0 Å². The molecule has 0 spiro atoms. The standard InChI is InChI=1S/C16H20N4O4/c1-16(2,3)14(21)10-17-15(22)11-8-9-19(18-11)12-6-4-5-7-13(12)20(23)24/h4-9,14,21H,10H2,1-3H3,(H,17,22). The quantitative estimate of drug-likeness (QED) is 0.642. The minimum absolute atomic E-state index is 0.0979. The molecule has 1 aromatic heterocycles. The first-order chi connectivity index (χ1) is 11.2. The molecule has 1 unspecified atom stereocenters. The van der Waals surface area contributed by atoms with Gasteiger partial charge in [-0.25, -0.2) is 4.68 Å². The molecule has 0 aliphatic rings. The zero-order chi connectivity index (χ0) is 17.9. The Balaban J connectivity index is 2.14. The molecule has 0 aliphatic heterocycles. The monoisotopic (exact) mass is 332 g/mol. The van der Waals surface area contributed by atoms with Gasteiger partial charge in [0.25, 0.3) is 11.6 Å². The Morgan fingerprint density at radius 2 is 2.04 bits per heavy atom. The number of carbonyl (C=O) groups is 1. The van der Waals surface area contributed by atoms with Gasteiger partial charge in [-0.15, -0.1) is 0 Å². The van der Waals surface area contributed by atoms with Crippen molar-refractivity contribution in [1.29, 1.82) is 0 Å². The van der Waals surface area contributed by atoms with Crippen LogP contribution in [0.2, 0.25) is 0 Å². The number of nitrogens with zero attached hydrogens (tertiary/aromatic N) is 3. The van der Waals surface area contributed by atoms with Crippen molar-refractivity contribution in [2.24, 2.45) is 5.41 Å². The van der Waals surface area contributed by atoms with Gasteiger partial charge in [-0.2, -0.15) is 5.10 Å². The van der Waals surface area contributed by atoms with E-state index in [4.69, 9.17) is 0 Å². The molecule has 24 heavy (non-hydrogen) atoms. The molecular formula is C16H20N4O4. The Labute approximate surface area is 139 Å². The van der Waals surface area contributed by atoms with Crippen molar-refractivity contribution in [2.45, 2.75) is 26.9 Å². The summed E-state index contributed by atoms with van der Waals surface area (Å²) in [4.78, 5) is 22.7. The van der Waals surface area contributed by atoms with Crippen LogP contribution in [-0.2, 0) is 0 Å². The third-order valence-corrected chi connectivity index (χ3v) is 3.60. The van der Waals surface area contributed by atoms with E-state index in [9.17, 15) is 20.0 Å². The summed E-state index contributed by atoms with van der Waals surface area (Å²) in [5.74, 6) is -0.448. The topological polar surface area (TPSA) is 110 Å². The molecule has 128 valence electrons. The lowest BCUT2D eigenvalue weighted by Gasteiger charge is -2.25. The molecule has 0 bridgehead atoms. The van der Waals surface area contributed by atoms with Crippen LogP contribution in [0.15, 0.2) is 36.5 Å². The largest absolute Gasteiger partial charge is 0.391 e. The number of aliphatic hydroxyl groups is 1. The highest BCUT2D eigenvalue weighted by Gasteiger charge is 2.23. The minimum Gasteiger partial charge on any atom is -0.391 e. The molecule has 1 amide bonds. The van der Waals surface area contributed by atoms with Crippen LogP contribution in [0.1, 0.15) is 31.3 Å². The summed E-state index contributed by atoms with van der Waals surface area (Å²) < 4.78 is 1.28. The second-order valence-electron chi connectivity index (χ2n) is 6.48. The van der Waals surface area contributed by atoms with Crippen LogP contribution in [0.5, 0.6) is 0 Å². The van der Waals surface area contributed by atoms with E-state index in [2.05, 4.69) is 10.4 Å². The zero-order valence-electron chi connectivity index (χ0n) is 13.8. The summed E-state index contributed by atoms with van der Waals surface area (Å²) in [6.07, 6.45) is 0.788. The Morgan fingerprint density at radius 1 is 1.38 bits per heavy atom. The predicted octanol–water partition coefficient (Wildman–Crippen LogP) is 1.92. The van der Waals surface area contributed by atoms with Gasteiger partial charge in [0.2, 0.25) is 0 Å². The van der Waals surface area contributed by atoms with Gasteiger partial charge in [0.15, 0.2) is 5.69 Å². The molecular weight excluding hydrogens is 312 g/mol. The van der Waals surface area contributed by atoms with Crippen LogP contribution in [0.3, 0.4) is 0 Å². The zero-order valence-corrected chi connectivity index (χ0v) is 13.8. The summed E-state index contributed by atoms with van der Waals surface area (Å²) in [5.41, 5.74) is -0.0571. The van der Waals surface area contributed by atoms with Crippen LogP contribution >= 0.6 is 0 Å². The number of aromatic nitrogens is 2. The molecule has 0 radical (unpaired) electrons. The number of nitro groups is 1. The fourth-order valence-corrected chi connectivity index (χ4v) is 1.98. The van der Waals surface area contributed by atoms with Crippen molar-refractivity contribution in [3.05, 3.63) is 52.3 Å². The Kier molecular flexibility index (Phi) is 4.99. The number of hydrogen-bond donors (Lipinski definition) is 2. The molecule has 8 nitrogen and oxygen atoms in total. The van der Waals surface area contributed by atoms with Gasteiger partial charge in [0.05, 0.1) is 11.0 Å². The van der Waals surface area contributed by atoms with Crippen molar-refractivity contribution >= 4 is 11.6 Å². The van der Waals surface area contributed by atoms with Crippen molar-refractivity contribution < 1.29 is 14.8 Å². The molecule has 2 rings (SSSR count). The predicted molar refractivity (Wildman–Crippen MR) is 88.0 cm³/mol. The van der Waals surface area contributed by atoms with Crippen LogP contribution in [-0.4, -0.2) is 38.4 Å². The number of amides is 1. The van der Waals surface area contributed by atoms with E-state index < -0.39 is 16.9 Å². The normalized spacial score (nSPS) is 12.7. The number of benzene rings is 1. The lowest BCUT2D eigenvalue weighted by molar-refractivity contribution is -0.384. The number of nitro benzene ring substituents is 1. The van der Waals surface area contributed by atoms with Crippen LogP contribution < -0.4 is 5.32 Å². The molecule has 2 N–H and O–H groups in total. The van der Waals surface area contributed by atoms with Crippen molar-refractivity contribution in [2.75, 3.05) is 6.54 Å². The highest BCUT2D eigenvalue weighted by atomic mass is 16.6. The van der Waals surface area contributed by atoms with Gasteiger partial charge in [-0.3, -0.25) is 14.9 Å². The van der Waals surface area contributed by atoms with Crippen molar-refractivity contribution in [3.8, 4) is 5.69 Å². The molecule has 2 aromatic rings. The first kappa shape index (κ1) is 17.6. The molecule has 0 saturated heterocycles. The molecule has 1 heterocycles. The van der Waals surface area contributed by atoms with Gasteiger partial charge in [0.1, 0.15) is 5.69 Å². The second-order valence-corrected chi connectivity index (χ2v) is 6.48. The second kappa shape index (κ2) is 6.79. The maximum absolute atomic E-state index is 12.1. The first-order valence-corrected chi connectivity index (χ1v) is 7.46. The van der Waals surface area contributed by atoms with Gasteiger partial charge < -0.3 is 10.4 Å². The first-order valence-electron chi connectivity index (χ1n) is 7.46. The number of hydrogen-bond acceptors (Lipinski definition) is 5. The minimum atomic E-state index is -0.696. The summed E-state index contributed by atoms with van der Waals surface area (Å²) >= 11 is 0. The average Bonchev–Trinajstić information content (AvgIpc) is 3.01. The average molecular weight is 332 g/mol. The fourth-order valence-electron chi connectivity index (χ4n) is 1.98. The molecule has 8 heteroatoms. The van der Waals surface area contributed by atoms with Gasteiger partial charge in [-0.1, -0.05) is 32.9 Å². The van der Waals surface area contributed by atoms with E-state index in [1.165, 1.54) is 23.0 Å². The van der Waals surface area contributed by atoms with E-state index in [1.807, 2.05) is 20.8 Å². The number of para-hydroxylation sites is 2. The van der Waals surface area contributed by atoms with Crippen molar-refractivity contribution in [1.82, 2.24) is 15.1 Å². The lowest BCUT2D eigenvalue weighted by Crippen LogP contribution is -2.39. The summed E-state index contributed by atoms with van der Waals surface area (Å²) in [6.45, 7) is 5.70. The van der Waals surface area contributed by atoms with E-state index in [0.717, 1.165) is 0 Å². The third-order valence-electron chi connectivity index (χ3n) is 3.60. The maximum Gasteiger partial charge on any atom is 0.294 e. The SMILES string of the molecule is CC(C)(C)C(O)CNC(=O)c1ccn(-c2ccccc2[N+](=O)[O-])n1. The highest BCUT2D eigenvalue weighted by Crippen LogP contribution is 2.21. The third kappa shape index (κ3) is 3.96. The summed E-state index contributed by atoms with van der Waals surface area (Å²) in [7, 11) is 0. The molecule has 0 aliphatic carbocycles. The van der Waals surface area contributed by atoms with Crippen LogP contribution in [0.4, 0.5) is 5.69 Å². The van der Waals surface area contributed by atoms with Crippen LogP contribution in [0, 0.1) is 15.5 Å². The Morgan fingerprint density at radius 3 is 2.67 bits per heavy atom. The fraction of sp³-hybridized carbons (Fsp3) is 0.375. The molecule has 0 saturated carbocycles. The highest BCUT2D eigenvalue weighted by molar-refractivity contribution is 5.92. The van der Waals surface area contributed by atoms with Crippen LogP contribution in [0.25, 0.3) is 5.69 Å². The number of carbonyl (C=O) groups excluding carboxylic acids is 1. The molecule has 1 atom stereocenters. The van der Waals surface area contributed by atoms with Gasteiger partial charge >= 0.3 is 0 Å². The van der Waals surface area contributed by atoms with Gasteiger partial charge in [0, 0.05) is 18.8 Å². The Bertz CT molecular complexity index is 749. The van der Waals surface area contributed by atoms with E-state index in [-0.39, 0.29) is 29.0 Å². The van der Waals surface area contributed by atoms with Gasteiger partial charge in [-0.05, 0) is 17.5 Å². The number of rotatable bonds is 5. The molecule has 0 fully saturated rings. The van der Waals surface area contributed by atoms with E-state index in [1.54, 1.807) is 18.2 Å². The number of nitrogens with one attached hydrogen (secondary N) is 1. The number of aliphatic hydroxyl groups excluding tert-OH is 1. The van der Waals surface area contributed by atoms with Crippen molar-refractivity contribution in [3.63, 3.8) is 0 Å². The molecule has 1 aromatic carbocycles. The Hall–Kier alpha value is -2.74. The van der Waals surface area contributed by atoms with E-state index >= 15 is 0 Å².